The molecule has 2 aromatic rings. The summed E-state index contributed by atoms with van der Waals surface area (Å²) in [4.78, 5) is 11.9. The number of rotatable bonds is 5. The first-order valence-electron chi connectivity index (χ1n) is 7.86. The number of ether oxygens (including phenoxy) is 1. The van der Waals surface area contributed by atoms with Crippen molar-refractivity contribution in [3.8, 4) is 11.1 Å². The van der Waals surface area contributed by atoms with Gasteiger partial charge in [-0.15, -0.1) is 0 Å². The quantitative estimate of drug-likeness (QED) is 0.821. The Hall–Kier alpha value is -2.62. The van der Waals surface area contributed by atoms with Crippen LogP contribution in [0.2, 0.25) is 0 Å². The van der Waals surface area contributed by atoms with Crippen LogP contribution in [-0.4, -0.2) is 25.0 Å². The molecule has 0 spiro atoms. The highest BCUT2D eigenvalue weighted by Gasteiger charge is 2.29. The monoisotopic (exact) mass is 308 g/mol. The van der Waals surface area contributed by atoms with Crippen LogP contribution in [0.4, 0.5) is 4.79 Å². The van der Waals surface area contributed by atoms with E-state index in [9.17, 15) is 4.79 Å². The van der Waals surface area contributed by atoms with E-state index < -0.39 is 6.09 Å². The summed E-state index contributed by atoms with van der Waals surface area (Å²) in [6.07, 6.45) is 1.43. The molecule has 118 valence electrons. The van der Waals surface area contributed by atoms with Gasteiger partial charge >= 0.3 is 6.09 Å². The predicted octanol–water partition coefficient (Wildman–Crippen LogP) is 3.95. The maximum atomic E-state index is 11.9. The first-order valence-corrected chi connectivity index (χ1v) is 7.86. The van der Waals surface area contributed by atoms with Crippen LogP contribution in [0.15, 0.2) is 48.5 Å². The Labute approximate surface area is 136 Å². The highest BCUT2D eigenvalue weighted by molar-refractivity contribution is 5.79. The summed E-state index contributed by atoms with van der Waals surface area (Å²) in [5.74, 6) is 0.0632. The lowest BCUT2D eigenvalue weighted by Crippen LogP contribution is -2.36. The number of alkyl carbamates (subject to hydrolysis) is 1. The molecule has 1 atom stereocenters. The number of hydrogen-bond acceptors (Lipinski definition) is 3. The Kier molecular flexibility index (Phi) is 4.42. The average Bonchev–Trinajstić information content (AvgIpc) is 2.92. The Morgan fingerprint density at radius 3 is 2.26 bits per heavy atom. The number of amides is 1. The summed E-state index contributed by atoms with van der Waals surface area (Å²) in [5.41, 5.74) is 4.81. The van der Waals surface area contributed by atoms with Crippen LogP contribution >= 0.6 is 0 Å². The van der Waals surface area contributed by atoms with Crippen molar-refractivity contribution in [2.24, 2.45) is 0 Å². The SMILES string of the molecule is CC[C@@H](C=N)NC(=O)OCC1c2ccccc2-c2ccccc21. The first-order chi connectivity index (χ1) is 11.2. The maximum absolute atomic E-state index is 11.9. The fraction of sp³-hybridized carbons (Fsp3) is 0.263. The molecule has 1 amide bonds. The third-order valence-electron chi connectivity index (χ3n) is 4.29. The summed E-state index contributed by atoms with van der Waals surface area (Å²) in [6.45, 7) is 2.22. The molecule has 1 aliphatic carbocycles. The van der Waals surface area contributed by atoms with Gasteiger partial charge in [0.2, 0.25) is 0 Å². The van der Waals surface area contributed by atoms with E-state index in [1.807, 2.05) is 31.2 Å². The molecular formula is C19H20N2O2. The minimum absolute atomic E-state index is 0.0632. The van der Waals surface area contributed by atoms with E-state index in [1.165, 1.54) is 28.5 Å². The van der Waals surface area contributed by atoms with E-state index in [0.717, 1.165) is 0 Å². The Morgan fingerprint density at radius 2 is 1.74 bits per heavy atom. The Balaban J connectivity index is 1.76. The number of benzene rings is 2. The van der Waals surface area contributed by atoms with Crippen molar-refractivity contribution in [3.05, 3.63) is 59.7 Å². The standard InChI is InChI=1S/C19H20N2O2/c1-2-13(11-20)21-19(22)23-12-18-16-9-5-3-7-14(16)15-8-4-6-10-17(15)18/h3-11,13,18,20H,2,12H2,1H3,(H,21,22)/t13-/m0/s1. The van der Waals surface area contributed by atoms with Crippen molar-refractivity contribution >= 4 is 12.3 Å². The number of carbonyl (C=O) groups is 1. The van der Waals surface area contributed by atoms with E-state index in [0.29, 0.717) is 13.0 Å². The van der Waals surface area contributed by atoms with Crippen LogP contribution in [-0.2, 0) is 4.74 Å². The topological polar surface area (TPSA) is 62.2 Å². The van der Waals surface area contributed by atoms with Gasteiger partial charge in [-0.05, 0) is 28.7 Å². The van der Waals surface area contributed by atoms with Crippen molar-refractivity contribution < 1.29 is 9.53 Å². The number of fused-ring (bicyclic) bond motifs is 3. The zero-order chi connectivity index (χ0) is 16.2. The van der Waals surface area contributed by atoms with E-state index in [4.69, 9.17) is 10.1 Å². The van der Waals surface area contributed by atoms with Crippen molar-refractivity contribution in [1.82, 2.24) is 5.32 Å². The van der Waals surface area contributed by atoms with Gasteiger partial charge < -0.3 is 15.5 Å². The number of hydrogen-bond donors (Lipinski definition) is 2. The van der Waals surface area contributed by atoms with Crippen LogP contribution in [0.3, 0.4) is 0 Å². The molecule has 0 fully saturated rings. The Morgan fingerprint density at radius 1 is 1.17 bits per heavy atom. The molecule has 2 aromatic carbocycles. The van der Waals surface area contributed by atoms with Gasteiger partial charge in [0.05, 0.1) is 6.04 Å². The van der Waals surface area contributed by atoms with Crippen molar-refractivity contribution in [1.29, 1.82) is 5.41 Å². The molecule has 0 radical (unpaired) electrons. The summed E-state index contributed by atoms with van der Waals surface area (Å²) in [5, 5.41) is 9.93. The maximum Gasteiger partial charge on any atom is 0.407 e. The van der Waals surface area contributed by atoms with E-state index in [1.54, 1.807) is 0 Å². The third-order valence-corrected chi connectivity index (χ3v) is 4.29. The lowest BCUT2D eigenvalue weighted by molar-refractivity contribution is 0.141. The minimum Gasteiger partial charge on any atom is -0.449 e. The minimum atomic E-state index is -0.470. The van der Waals surface area contributed by atoms with E-state index in [-0.39, 0.29) is 12.0 Å². The summed E-state index contributed by atoms with van der Waals surface area (Å²) in [7, 11) is 0. The van der Waals surface area contributed by atoms with E-state index in [2.05, 4.69) is 29.6 Å². The molecule has 0 aliphatic heterocycles. The molecule has 0 saturated carbocycles. The average molecular weight is 308 g/mol. The molecule has 0 bridgehead atoms. The highest BCUT2D eigenvalue weighted by Crippen LogP contribution is 2.44. The van der Waals surface area contributed by atoms with Gasteiger partial charge in [0, 0.05) is 12.1 Å². The van der Waals surface area contributed by atoms with Crippen molar-refractivity contribution in [3.63, 3.8) is 0 Å². The second-order valence-electron chi connectivity index (χ2n) is 5.65. The van der Waals surface area contributed by atoms with Crippen LogP contribution in [0.5, 0.6) is 0 Å². The Bertz CT molecular complexity index is 681. The molecule has 3 rings (SSSR count). The zero-order valence-electron chi connectivity index (χ0n) is 13.1. The summed E-state index contributed by atoms with van der Waals surface area (Å²) >= 11 is 0. The molecule has 1 aliphatic rings. The van der Waals surface area contributed by atoms with Crippen LogP contribution in [0, 0.1) is 5.41 Å². The molecular weight excluding hydrogens is 288 g/mol. The van der Waals surface area contributed by atoms with Gasteiger partial charge in [-0.2, -0.15) is 0 Å². The van der Waals surface area contributed by atoms with Crippen LogP contribution in [0.25, 0.3) is 11.1 Å². The third kappa shape index (κ3) is 2.97. The van der Waals surface area contributed by atoms with Crippen molar-refractivity contribution in [2.45, 2.75) is 25.3 Å². The van der Waals surface area contributed by atoms with Gasteiger partial charge in [-0.3, -0.25) is 0 Å². The van der Waals surface area contributed by atoms with Gasteiger partial charge in [-0.1, -0.05) is 55.5 Å². The lowest BCUT2D eigenvalue weighted by atomic mass is 9.98. The summed E-state index contributed by atoms with van der Waals surface area (Å²) < 4.78 is 5.42. The van der Waals surface area contributed by atoms with Gasteiger partial charge in [0.1, 0.15) is 6.61 Å². The van der Waals surface area contributed by atoms with Gasteiger partial charge in [0.15, 0.2) is 0 Å². The molecule has 0 aromatic heterocycles. The van der Waals surface area contributed by atoms with Crippen LogP contribution < -0.4 is 5.32 Å². The first kappa shape index (κ1) is 15.3. The number of carbonyl (C=O) groups excluding carboxylic acids is 1. The molecule has 0 heterocycles. The molecule has 23 heavy (non-hydrogen) atoms. The highest BCUT2D eigenvalue weighted by atomic mass is 16.5. The predicted molar refractivity (Wildman–Crippen MR) is 91.1 cm³/mol. The molecule has 0 unspecified atom stereocenters. The van der Waals surface area contributed by atoms with Crippen LogP contribution in [0.1, 0.15) is 30.4 Å². The molecule has 0 saturated heterocycles. The lowest BCUT2D eigenvalue weighted by Gasteiger charge is -2.16. The van der Waals surface area contributed by atoms with Gasteiger partial charge in [-0.25, -0.2) is 4.79 Å². The summed E-state index contributed by atoms with van der Waals surface area (Å²) in [6, 6.07) is 16.2. The smallest absolute Gasteiger partial charge is 0.407 e. The largest absolute Gasteiger partial charge is 0.449 e. The number of nitrogens with one attached hydrogen (secondary N) is 2. The second kappa shape index (κ2) is 6.65. The molecule has 2 N–H and O–H groups in total. The van der Waals surface area contributed by atoms with Crippen molar-refractivity contribution in [2.75, 3.05) is 6.61 Å². The fourth-order valence-electron chi connectivity index (χ4n) is 3.05. The van der Waals surface area contributed by atoms with E-state index >= 15 is 0 Å². The molecule has 4 nitrogen and oxygen atoms in total. The fourth-order valence-corrected chi connectivity index (χ4v) is 3.05. The normalized spacial score (nSPS) is 13.8. The second-order valence-corrected chi connectivity index (χ2v) is 5.65. The molecule has 4 heteroatoms. The van der Waals surface area contributed by atoms with Gasteiger partial charge in [0.25, 0.3) is 0 Å². The zero-order valence-corrected chi connectivity index (χ0v) is 13.1.